The SMILES string of the molecule is O=C1CCC(Nc2cccc(C(=O)O)c2[N+](=O)[O-])C(=O)N1. The van der Waals surface area contributed by atoms with Crippen molar-refractivity contribution in [2.24, 2.45) is 0 Å². The summed E-state index contributed by atoms with van der Waals surface area (Å²) in [6.07, 6.45) is 0.287. The molecule has 9 nitrogen and oxygen atoms in total. The monoisotopic (exact) mass is 293 g/mol. The molecule has 1 atom stereocenters. The lowest BCUT2D eigenvalue weighted by molar-refractivity contribution is -0.384. The van der Waals surface area contributed by atoms with Crippen LogP contribution in [0.25, 0.3) is 0 Å². The van der Waals surface area contributed by atoms with Crippen LogP contribution >= 0.6 is 0 Å². The second kappa shape index (κ2) is 5.57. The van der Waals surface area contributed by atoms with Crippen LogP contribution in [0, 0.1) is 10.1 Å². The molecule has 0 bridgehead atoms. The van der Waals surface area contributed by atoms with E-state index in [0.29, 0.717) is 0 Å². The number of imide groups is 1. The number of carboxylic acids is 1. The zero-order valence-electron chi connectivity index (χ0n) is 10.7. The maximum atomic E-state index is 11.6. The number of hydrogen-bond donors (Lipinski definition) is 3. The highest BCUT2D eigenvalue weighted by atomic mass is 16.6. The number of nitro groups is 1. The molecular weight excluding hydrogens is 282 g/mol. The third kappa shape index (κ3) is 2.96. The van der Waals surface area contributed by atoms with Crippen molar-refractivity contribution in [3.8, 4) is 0 Å². The van der Waals surface area contributed by atoms with Gasteiger partial charge in [-0.3, -0.25) is 25.0 Å². The van der Waals surface area contributed by atoms with E-state index in [0.717, 1.165) is 6.07 Å². The molecule has 1 aromatic carbocycles. The van der Waals surface area contributed by atoms with Crippen LogP contribution in [0.5, 0.6) is 0 Å². The maximum absolute atomic E-state index is 11.6. The summed E-state index contributed by atoms with van der Waals surface area (Å²) in [6.45, 7) is 0. The minimum Gasteiger partial charge on any atom is -0.477 e. The second-order valence-corrected chi connectivity index (χ2v) is 4.41. The maximum Gasteiger partial charge on any atom is 0.342 e. The van der Waals surface area contributed by atoms with Gasteiger partial charge in [-0.05, 0) is 18.6 Å². The van der Waals surface area contributed by atoms with Gasteiger partial charge < -0.3 is 10.4 Å². The summed E-state index contributed by atoms with van der Waals surface area (Å²) in [5.74, 6) is -2.44. The Hall–Kier alpha value is -2.97. The van der Waals surface area contributed by atoms with E-state index in [-0.39, 0.29) is 18.5 Å². The number of nitrogens with one attached hydrogen (secondary N) is 2. The van der Waals surface area contributed by atoms with Crippen LogP contribution in [0.2, 0.25) is 0 Å². The third-order valence-corrected chi connectivity index (χ3v) is 3.02. The van der Waals surface area contributed by atoms with E-state index in [2.05, 4.69) is 10.6 Å². The molecule has 1 aliphatic rings. The fourth-order valence-electron chi connectivity index (χ4n) is 2.05. The number of benzene rings is 1. The highest BCUT2D eigenvalue weighted by molar-refractivity contribution is 6.02. The molecule has 0 aliphatic carbocycles. The molecule has 1 unspecified atom stereocenters. The number of piperidine rings is 1. The summed E-state index contributed by atoms with van der Waals surface area (Å²) in [5.41, 5.74) is -1.17. The van der Waals surface area contributed by atoms with Gasteiger partial charge in [0.25, 0.3) is 0 Å². The molecule has 1 heterocycles. The van der Waals surface area contributed by atoms with Gasteiger partial charge in [0.2, 0.25) is 11.8 Å². The van der Waals surface area contributed by atoms with Crippen molar-refractivity contribution >= 4 is 29.2 Å². The molecule has 1 aliphatic heterocycles. The Bertz CT molecular complexity index is 642. The number of amides is 2. The number of para-hydroxylation sites is 1. The van der Waals surface area contributed by atoms with E-state index in [4.69, 9.17) is 5.11 Å². The van der Waals surface area contributed by atoms with Crippen LogP contribution < -0.4 is 10.6 Å². The summed E-state index contributed by atoms with van der Waals surface area (Å²) in [7, 11) is 0. The molecule has 1 saturated heterocycles. The first kappa shape index (κ1) is 14.4. The Morgan fingerprint density at radius 2 is 2.14 bits per heavy atom. The lowest BCUT2D eigenvalue weighted by Gasteiger charge is -2.22. The van der Waals surface area contributed by atoms with Crippen molar-refractivity contribution in [2.75, 3.05) is 5.32 Å². The van der Waals surface area contributed by atoms with Gasteiger partial charge in [-0.15, -0.1) is 0 Å². The molecule has 0 spiro atoms. The molecule has 2 amide bonds. The van der Waals surface area contributed by atoms with E-state index >= 15 is 0 Å². The highest BCUT2D eigenvalue weighted by Gasteiger charge is 2.30. The van der Waals surface area contributed by atoms with Crippen LogP contribution in [0.1, 0.15) is 23.2 Å². The predicted molar refractivity (Wildman–Crippen MR) is 69.9 cm³/mol. The van der Waals surface area contributed by atoms with Crippen molar-refractivity contribution in [3.63, 3.8) is 0 Å². The molecule has 9 heteroatoms. The van der Waals surface area contributed by atoms with Crippen LogP contribution in [0.15, 0.2) is 18.2 Å². The van der Waals surface area contributed by atoms with Crippen molar-refractivity contribution in [1.29, 1.82) is 0 Å². The number of anilines is 1. The number of rotatable bonds is 4. The molecule has 2 rings (SSSR count). The molecule has 21 heavy (non-hydrogen) atoms. The Balaban J connectivity index is 2.34. The van der Waals surface area contributed by atoms with Gasteiger partial charge in [0.05, 0.1) is 4.92 Å². The lowest BCUT2D eigenvalue weighted by atomic mass is 10.0. The lowest BCUT2D eigenvalue weighted by Crippen LogP contribution is -2.47. The Morgan fingerprint density at radius 3 is 2.71 bits per heavy atom. The molecule has 0 radical (unpaired) electrons. The van der Waals surface area contributed by atoms with E-state index in [1.165, 1.54) is 12.1 Å². The van der Waals surface area contributed by atoms with Gasteiger partial charge in [0.15, 0.2) is 0 Å². The zero-order valence-corrected chi connectivity index (χ0v) is 10.7. The Labute approximate surface area is 118 Å². The molecule has 1 aromatic rings. The number of hydrogen-bond acceptors (Lipinski definition) is 6. The van der Waals surface area contributed by atoms with Gasteiger partial charge in [-0.2, -0.15) is 0 Å². The predicted octanol–water partition coefficient (Wildman–Crippen LogP) is 0.510. The average Bonchev–Trinajstić information content (AvgIpc) is 2.41. The van der Waals surface area contributed by atoms with Crippen molar-refractivity contribution < 1.29 is 24.4 Å². The van der Waals surface area contributed by atoms with Crippen molar-refractivity contribution in [1.82, 2.24) is 5.32 Å². The topological polar surface area (TPSA) is 139 Å². The number of nitro benzene ring substituents is 1. The molecular formula is C12H11N3O6. The summed E-state index contributed by atoms with van der Waals surface area (Å²) < 4.78 is 0. The smallest absolute Gasteiger partial charge is 0.342 e. The van der Waals surface area contributed by atoms with Crippen molar-refractivity contribution in [3.05, 3.63) is 33.9 Å². The van der Waals surface area contributed by atoms with E-state index in [9.17, 15) is 24.5 Å². The number of carbonyl (C=O) groups excluding carboxylic acids is 2. The number of carbonyl (C=O) groups is 3. The fourth-order valence-corrected chi connectivity index (χ4v) is 2.05. The largest absolute Gasteiger partial charge is 0.477 e. The minimum atomic E-state index is -1.44. The first-order chi connectivity index (χ1) is 9.90. The summed E-state index contributed by atoms with van der Waals surface area (Å²) in [5, 5.41) is 24.8. The standard InChI is InChI=1S/C12H11N3O6/c16-9-5-4-8(11(17)14-9)13-7-3-1-2-6(12(18)19)10(7)15(20)21/h1-3,8,13H,4-5H2,(H,18,19)(H,14,16,17). The highest BCUT2D eigenvalue weighted by Crippen LogP contribution is 2.30. The molecule has 3 N–H and O–H groups in total. The number of nitrogens with zero attached hydrogens (tertiary/aromatic N) is 1. The molecule has 0 saturated carbocycles. The quantitative estimate of drug-likeness (QED) is 0.417. The molecule has 1 fully saturated rings. The van der Waals surface area contributed by atoms with E-state index in [1.807, 2.05) is 0 Å². The number of aromatic carboxylic acids is 1. The van der Waals surface area contributed by atoms with Crippen LogP contribution in [0.3, 0.4) is 0 Å². The zero-order chi connectivity index (χ0) is 15.6. The third-order valence-electron chi connectivity index (χ3n) is 3.02. The van der Waals surface area contributed by atoms with Gasteiger partial charge >= 0.3 is 11.7 Å². The van der Waals surface area contributed by atoms with Crippen LogP contribution in [-0.2, 0) is 9.59 Å². The van der Waals surface area contributed by atoms with E-state index < -0.39 is 40.0 Å². The molecule has 110 valence electrons. The summed E-state index contributed by atoms with van der Waals surface area (Å²) >= 11 is 0. The summed E-state index contributed by atoms with van der Waals surface area (Å²) in [6, 6.07) is 2.93. The molecule has 0 aromatic heterocycles. The minimum absolute atomic E-state index is 0.0746. The second-order valence-electron chi connectivity index (χ2n) is 4.41. The van der Waals surface area contributed by atoms with Gasteiger partial charge in [0, 0.05) is 6.42 Å². The Kier molecular flexibility index (Phi) is 3.83. The van der Waals surface area contributed by atoms with Gasteiger partial charge in [-0.1, -0.05) is 6.07 Å². The Morgan fingerprint density at radius 1 is 1.43 bits per heavy atom. The number of carboxylic acid groups (broad SMARTS) is 1. The van der Waals surface area contributed by atoms with Crippen LogP contribution in [-0.4, -0.2) is 33.9 Å². The van der Waals surface area contributed by atoms with Crippen molar-refractivity contribution in [2.45, 2.75) is 18.9 Å². The first-order valence-corrected chi connectivity index (χ1v) is 6.01. The average molecular weight is 293 g/mol. The fraction of sp³-hybridized carbons (Fsp3) is 0.250. The van der Waals surface area contributed by atoms with E-state index in [1.54, 1.807) is 0 Å². The van der Waals surface area contributed by atoms with Crippen LogP contribution in [0.4, 0.5) is 11.4 Å². The van der Waals surface area contributed by atoms with Gasteiger partial charge in [-0.25, -0.2) is 4.79 Å². The normalized spacial score (nSPS) is 18.0. The van der Waals surface area contributed by atoms with Gasteiger partial charge in [0.1, 0.15) is 17.3 Å². The first-order valence-electron chi connectivity index (χ1n) is 6.01. The summed E-state index contributed by atoms with van der Waals surface area (Å²) in [4.78, 5) is 43.9.